The van der Waals surface area contributed by atoms with Crippen LogP contribution < -0.4 is 0 Å². The molecule has 3 heterocycles. The van der Waals surface area contributed by atoms with Gasteiger partial charge in [0.1, 0.15) is 0 Å². The van der Waals surface area contributed by atoms with Crippen LogP contribution >= 0.6 is 0 Å². The number of alkyl halides is 3. The van der Waals surface area contributed by atoms with Gasteiger partial charge in [0.25, 0.3) is 17.5 Å². The van der Waals surface area contributed by atoms with Crippen LogP contribution in [-0.2, 0) is 6.18 Å². The SMILES string of the molecule is CCN1CCN(C(=O)c2cnc3nc(C(F)(F)F)nn3c2C)CC1. The fourth-order valence-electron chi connectivity index (χ4n) is 2.71. The fourth-order valence-corrected chi connectivity index (χ4v) is 2.71. The van der Waals surface area contributed by atoms with Crippen molar-refractivity contribution >= 4 is 11.7 Å². The van der Waals surface area contributed by atoms with E-state index in [0.29, 0.717) is 18.8 Å². The molecule has 0 aromatic carbocycles. The number of carbonyl (C=O) groups excluding carboxylic acids is 1. The lowest BCUT2D eigenvalue weighted by molar-refractivity contribution is -0.144. The Morgan fingerprint density at radius 3 is 2.50 bits per heavy atom. The number of nitrogens with zero attached hydrogens (tertiary/aromatic N) is 6. The van der Waals surface area contributed by atoms with Crippen molar-refractivity contribution in [2.75, 3.05) is 32.7 Å². The first-order valence-electron chi connectivity index (χ1n) is 7.62. The average Bonchev–Trinajstić information content (AvgIpc) is 3.00. The summed E-state index contributed by atoms with van der Waals surface area (Å²) in [5.74, 6) is -1.69. The highest BCUT2D eigenvalue weighted by atomic mass is 19.4. The molecule has 0 N–H and O–H groups in total. The highest BCUT2D eigenvalue weighted by Gasteiger charge is 2.37. The number of carbonyl (C=O) groups is 1. The summed E-state index contributed by atoms with van der Waals surface area (Å²) in [6.45, 7) is 7.23. The first kappa shape index (κ1) is 16.6. The van der Waals surface area contributed by atoms with E-state index in [1.54, 1.807) is 11.8 Å². The van der Waals surface area contributed by atoms with Crippen LogP contribution in [0.25, 0.3) is 5.78 Å². The number of amides is 1. The molecule has 0 radical (unpaired) electrons. The zero-order valence-corrected chi connectivity index (χ0v) is 13.3. The summed E-state index contributed by atoms with van der Waals surface area (Å²) in [6.07, 6.45) is -3.38. The number of fused-ring (bicyclic) bond motifs is 1. The Morgan fingerprint density at radius 2 is 1.92 bits per heavy atom. The van der Waals surface area contributed by atoms with Crippen LogP contribution in [0, 0.1) is 6.92 Å². The molecular weight excluding hydrogens is 325 g/mol. The van der Waals surface area contributed by atoms with Crippen molar-refractivity contribution in [1.82, 2.24) is 29.4 Å². The maximum absolute atomic E-state index is 12.7. The van der Waals surface area contributed by atoms with Gasteiger partial charge in [-0.05, 0) is 13.5 Å². The van der Waals surface area contributed by atoms with Crippen molar-refractivity contribution in [2.24, 2.45) is 0 Å². The zero-order valence-electron chi connectivity index (χ0n) is 13.3. The van der Waals surface area contributed by atoms with E-state index in [-0.39, 0.29) is 17.2 Å². The summed E-state index contributed by atoms with van der Waals surface area (Å²) in [6, 6.07) is 0. The van der Waals surface area contributed by atoms with Crippen LogP contribution in [0.4, 0.5) is 13.2 Å². The van der Waals surface area contributed by atoms with Crippen molar-refractivity contribution in [2.45, 2.75) is 20.0 Å². The molecule has 1 aliphatic rings. The molecule has 0 spiro atoms. The first-order valence-corrected chi connectivity index (χ1v) is 7.62. The van der Waals surface area contributed by atoms with Crippen LogP contribution in [0.1, 0.15) is 28.8 Å². The number of hydrogen-bond acceptors (Lipinski definition) is 5. The normalized spacial score (nSPS) is 16.8. The Hall–Kier alpha value is -2.23. The molecule has 10 heteroatoms. The second-order valence-corrected chi connectivity index (χ2v) is 5.63. The number of aryl methyl sites for hydroxylation is 1. The van der Waals surface area contributed by atoms with E-state index in [0.717, 1.165) is 24.1 Å². The topological polar surface area (TPSA) is 66.6 Å². The van der Waals surface area contributed by atoms with Gasteiger partial charge in [-0.15, -0.1) is 5.10 Å². The number of hydrogen-bond donors (Lipinski definition) is 0. The molecule has 24 heavy (non-hydrogen) atoms. The molecule has 1 aliphatic heterocycles. The lowest BCUT2D eigenvalue weighted by Gasteiger charge is -2.34. The van der Waals surface area contributed by atoms with E-state index >= 15 is 0 Å². The van der Waals surface area contributed by atoms with E-state index in [4.69, 9.17) is 0 Å². The second kappa shape index (κ2) is 6.00. The quantitative estimate of drug-likeness (QED) is 0.821. The summed E-state index contributed by atoms with van der Waals surface area (Å²) in [5, 5.41) is 3.44. The summed E-state index contributed by atoms with van der Waals surface area (Å²) >= 11 is 0. The van der Waals surface area contributed by atoms with Crippen molar-refractivity contribution < 1.29 is 18.0 Å². The van der Waals surface area contributed by atoms with E-state index in [2.05, 4.69) is 26.9 Å². The Morgan fingerprint density at radius 1 is 1.25 bits per heavy atom. The Kier molecular flexibility index (Phi) is 4.16. The van der Waals surface area contributed by atoms with E-state index in [9.17, 15) is 18.0 Å². The number of rotatable bonds is 2. The molecule has 7 nitrogen and oxygen atoms in total. The molecule has 2 aromatic heterocycles. The van der Waals surface area contributed by atoms with Crippen molar-refractivity contribution in [3.05, 3.63) is 23.3 Å². The third kappa shape index (κ3) is 2.93. The molecule has 1 fully saturated rings. The zero-order chi connectivity index (χ0) is 17.5. The lowest BCUT2D eigenvalue weighted by atomic mass is 10.2. The van der Waals surface area contributed by atoms with Gasteiger partial charge in [-0.3, -0.25) is 4.79 Å². The van der Waals surface area contributed by atoms with Gasteiger partial charge in [-0.1, -0.05) is 6.92 Å². The minimum Gasteiger partial charge on any atom is -0.336 e. The van der Waals surface area contributed by atoms with Crippen molar-refractivity contribution in [1.29, 1.82) is 0 Å². The number of halogens is 3. The van der Waals surface area contributed by atoms with Crippen LogP contribution in [0.2, 0.25) is 0 Å². The van der Waals surface area contributed by atoms with Gasteiger partial charge in [-0.25, -0.2) is 9.50 Å². The van der Waals surface area contributed by atoms with Gasteiger partial charge in [0.05, 0.1) is 11.3 Å². The van der Waals surface area contributed by atoms with E-state index < -0.39 is 12.0 Å². The molecule has 0 unspecified atom stereocenters. The van der Waals surface area contributed by atoms with Gasteiger partial charge in [0.15, 0.2) is 0 Å². The fraction of sp³-hybridized carbons (Fsp3) is 0.571. The summed E-state index contributed by atoms with van der Waals surface area (Å²) in [4.78, 5) is 23.8. The third-order valence-electron chi connectivity index (χ3n) is 4.20. The predicted octanol–water partition coefficient (Wildman–Crippen LogP) is 1.23. The van der Waals surface area contributed by atoms with Crippen LogP contribution in [-0.4, -0.2) is 68.0 Å². The summed E-state index contributed by atoms with van der Waals surface area (Å²) in [7, 11) is 0. The molecular formula is C14H17F3N6O. The smallest absolute Gasteiger partial charge is 0.336 e. The summed E-state index contributed by atoms with van der Waals surface area (Å²) in [5.41, 5.74) is 0.539. The Balaban J connectivity index is 1.90. The lowest BCUT2D eigenvalue weighted by Crippen LogP contribution is -2.48. The molecule has 0 bridgehead atoms. The van der Waals surface area contributed by atoms with E-state index in [1.807, 2.05) is 0 Å². The molecule has 0 aliphatic carbocycles. The predicted molar refractivity (Wildman–Crippen MR) is 78.5 cm³/mol. The third-order valence-corrected chi connectivity index (χ3v) is 4.20. The highest BCUT2D eigenvalue weighted by molar-refractivity contribution is 5.95. The minimum absolute atomic E-state index is 0.174. The van der Waals surface area contributed by atoms with Crippen LogP contribution in [0.15, 0.2) is 6.20 Å². The maximum atomic E-state index is 12.7. The van der Waals surface area contributed by atoms with Gasteiger partial charge in [0.2, 0.25) is 0 Å². The van der Waals surface area contributed by atoms with Gasteiger partial charge in [0, 0.05) is 32.4 Å². The van der Waals surface area contributed by atoms with Crippen LogP contribution in [0.3, 0.4) is 0 Å². The molecule has 1 amide bonds. The van der Waals surface area contributed by atoms with Crippen molar-refractivity contribution in [3.8, 4) is 0 Å². The van der Waals surface area contributed by atoms with Crippen molar-refractivity contribution in [3.63, 3.8) is 0 Å². The monoisotopic (exact) mass is 342 g/mol. The highest BCUT2D eigenvalue weighted by Crippen LogP contribution is 2.26. The Bertz CT molecular complexity index is 764. The molecule has 130 valence electrons. The largest absolute Gasteiger partial charge is 0.453 e. The Labute approximate surface area is 136 Å². The van der Waals surface area contributed by atoms with E-state index in [1.165, 1.54) is 6.20 Å². The molecule has 0 atom stereocenters. The molecule has 3 rings (SSSR count). The second-order valence-electron chi connectivity index (χ2n) is 5.63. The standard InChI is InChI=1S/C14H17F3N6O/c1-3-21-4-6-22(7-5-21)11(24)10-8-18-13-19-12(14(15,16)17)20-23(13)9(10)2/h8H,3-7H2,1-2H3. The molecule has 0 saturated carbocycles. The van der Waals surface area contributed by atoms with Gasteiger partial charge >= 0.3 is 6.18 Å². The number of aromatic nitrogens is 4. The number of likely N-dealkylation sites (N-methyl/N-ethyl adjacent to an activating group) is 1. The van der Waals surface area contributed by atoms with Gasteiger partial charge < -0.3 is 9.80 Å². The molecule has 2 aromatic rings. The van der Waals surface area contributed by atoms with Gasteiger partial charge in [-0.2, -0.15) is 18.2 Å². The first-order chi connectivity index (χ1) is 11.3. The summed E-state index contributed by atoms with van der Waals surface area (Å²) < 4.78 is 39.2. The number of piperazine rings is 1. The maximum Gasteiger partial charge on any atom is 0.453 e. The average molecular weight is 342 g/mol. The van der Waals surface area contributed by atoms with Crippen LogP contribution in [0.5, 0.6) is 0 Å². The minimum atomic E-state index is -4.65. The molecule has 1 saturated heterocycles.